The summed E-state index contributed by atoms with van der Waals surface area (Å²) in [6.07, 6.45) is 5.74. The zero-order valence-corrected chi connectivity index (χ0v) is 32.7. The molecule has 0 heterocycles. The number of carboxylic acid groups (broad SMARTS) is 3. The topological polar surface area (TPSA) is 260 Å². The first-order valence-electron chi connectivity index (χ1n) is 17.0. The third-order valence-corrected chi connectivity index (χ3v) is 8.98. The third kappa shape index (κ3) is 16.3. The highest BCUT2D eigenvalue weighted by atomic mass is 32.2. The van der Waals surface area contributed by atoms with Gasteiger partial charge in [-0.1, -0.05) is 36.4 Å². The number of rotatable bonds is 19. The van der Waals surface area contributed by atoms with Crippen molar-refractivity contribution in [2.45, 2.75) is 38.1 Å². The minimum absolute atomic E-state index is 0.0726. The van der Waals surface area contributed by atoms with Crippen LogP contribution in [-0.2, 0) is 22.8 Å². The Morgan fingerprint density at radius 2 is 1.11 bits per heavy atom. The number of thioether (sulfide) groups is 2. The Kier molecular flexibility index (Phi) is 20.8. The predicted molar refractivity (Wildman–Crippen MR) is 216 cm³/mol. The molecule has 0 fully saturated rings. The summed E-state index contributed by atoms with van der Waals surface area (Å²) in [4.78, 5) is 66.2. The molecule has 8 N–H and O–H groups in total. The Balaban J connectivity index is 0.000000335. The van der Waals surface area contributed by atoms with E-state index in [2.05, 4.69) is 5.32 Å². The number of aromatic carboxylic acids is 1. The summed E-state index contributed by atoms with van der Waals surface area (Å²) in [5, 5.41) is 47.9. The summed E-state index contributed by atoms with van der Waals surface area (Å²) in [6, 6.07) is 20.2. The number of amides is 1. The predicted octanol–water partition coefficient (Wildman–Crippen LogP) is 5.35. The highest BCUT2D eigenvalue weighted by Gasteiger charge is 2.20. The molecule has 0 bridgehead atoms. The molecule has 0 spiro atoms. The van der Waals surface area contributed by atoms with Crippen LogP contribution < -0.4 is 20.5 Å². The first-order valence-corrected chi connectivity index (χ1v) is 19.8. The standard InChI is InChI=1S/C20H21NO6S.C15H12O5.C5H11NO2S/c1-28-10-9-16(20(25)26)21-19(24)14-7-5-13(6-8-14)12-27-18-4-2-3-17(23)15(18)11-22;16-8-12-13(17)2-1-3-14(12)20-9-10-4-6-11(7-5-10)15(18)19;1-9-3-2-4(6)5(7)8/h2-8,11,16,23H,9-10,12H2,1H3,(H,21,24)(H,25,26);1-8,17H,9H2,(H,18,19);4H,2-3,6H2,1H3,(H,7,8)/t16-;;4-/m0.0/s1. The molecule has 0 aliphatic rings. The Morgan fingerprint density at radius 3 is 1.49 bits per heavy atom. The molecule has 0 radical (unpaired) electrons. The summed E-state index contributed by atoms with van der Waals surface area (Å²) < 4.78 is 11.0. The number of carbonyl (C=O) groups is 6. The fourth-order valence-electron chi connectivity index (χ4n) is 4.47. The highest BCUT2D eigenvalue weighted by molar-refractivity contribution is 7.98. The Hall–Kier alpha value is -6.04. The van der Waals surface area contributed by atoms with Gasteiger partial charge in [-0.2, -0.15) is 23.5 Å². The van der Waals surface area contributed by atoms with Crippen molar-refractivity contribution in [2.24, 2.45) is 5.73 Å². The van der Waals surface area contributed by atoms with Gasteiger partial charge in [-0.3, -0.25) is 19.2 Å². The number of hydrogen-bond acceptors (Lipinski definition) is 13. The first-order chi connectivity index (χ1) is 27.3. The van der Waals surface area contributed by atoms with Crippen LogP contribution in [0.15, 0.2) is 84.9 Å². The van der Waals surface area contributed by atoms with Gasteiger partial charge in [0.15, 0.2) is 12.6 Å². The van der Waals surface area contributed by atoms with E-state index in [1.165, 1.54) is 36.0 Å². The molecule has 0 unspecified atom stereocenters. The van der Waals surface area contributed by atoms with Crippen molar-refractivity contribution >= 4 is 59.9 Å². The van der Waals surface area contributed by atoms with Crippen LogP contribution in [-0.4, -0.2) is 98.0 Å². The molecule has 57 heavy (non-hydrogen) atoms. The number of aldehydes is 2. The van der Waals surface area contributed by atoms with Gasteiger partial charge in [-0.05, 0) is 96.5 Å². The van der Waals surface area contributed by atoms with Crippen molar-refractivity contribution in [2.75, 3.05) is 24.0 Å². The summed E-state index contributed by atoms with van der Waals surface area (Å²) >= 11 is 3.12. The zero-order valence-electron chi connectivity index (χ0n) is 31.0. The summed E-state index contributed by atoms with van der Waals surface area (Å²) in [5.41, 5.74) is 7.39. The van der Waals surface area contributed by atoms with Gasteiger partial charge in [0.1, 0.15) is 48.3 Å². The molecule has 4 aromatic carbocycles. The highest BCUT2D eigenvalue weighted by Crippen LogP contribution is 2.27. The maximum atomic E-state index is 12.3. The van der Waals surface area contributed by atoms with Crippen molar-refractivity contribution in [1.82, 2.24) is 5.32 Å². The van der Waals surface area contributed by atoms with E-state index in [1.54, 1.807) is 72.4 Å². The van der Waals surface area contributed by atoms with Crippen molar-refractivity contribution < 1.29 is 63.8 Å². The monoisotopic (exact) mass is 824 g/mol. The lowest BCUT2D eigenvalue weighted by atomic mass is 10.1. The zero-order chi connectivity index (χ0) is 42.3. The fourth-order valence-corrected chi connectivity index (χ4v) is 5.44. The number of aliphatic carboxylic acids is 2. The molecular formula is C40H44N2O13S2. The fraction of sp³-hybridized carbons (Fsp3) is 0.250. The molecule has 0 saturated carbocycles. The van der Waals surface area contributed by atoms with E-state index in [0.29, 0.717) is 36.7 Å². The van der Waals surface area contributed by atoms with E-state index in [0.717, 1.165) is 16.9 Å². The second kappa shape index (κ2) is 25.2. The number of carbonyl (C=O) groups excluding carboxylic acids is 3. The Morgan fingerprint density at radius 1 is 0.667 bits per heavy atom. The molecule has 4 aromatic rings. The quantitative estimate of drug-likeness (QED) is 0.0588. The van der Waals surface area contributed by atoms with E-state index in [1.807, 2.05) is 12.5 Å². The van der Waals surface area contributed by atoms with Crippen molar-refractivity contribution in [3.05, 3.63) is 118 Å². The molecule has 0 aliphatic carbocycles. The maximum Gasteiger partial charge on any atom is 0.335 e. The number of hydrogen-bond donors (Lipinski definition) is 7. The van der Waals surface area contributed by atoms with E-state index >= 15 is 0 Å². The van der Waals surface area contributed by atoms with E-state index in [9.17, 15) is 44.1 Å². The van der Waals surface area contributed by atoms with E-state index in [-0.39, 0.29) is 52.9 Å². The van der Waals surface area contributed by atoms with Gasteiger partial charge >= 0.3 is 17.9 Å². The molecule has 0 saturated heterocycles. The number of aromatic hydroxyl groups is 2. The van der Waals surface area contributed by atoms with Crippen molar-refractivity contribution in [1.29, 1.82) is 0 Å². The number of nitrogens with one attached hydrogen (secondary N) is 1. The van der Waals surface area contributed by atoms with Gasteiger partial charge in [-0.25, -0.2) is 9.59 Å². The lowest BCUT2D eigenvalue weighted by Gasteiger charge is -2.14. The lowest BCUT2D eigenvalue weighted by Crippen LogP contribution is -2.41. The van der Waals surface area contributed by atoms with Gasteiger partial charge in [0.05, 0.1) is 16.7 Å². The molecule has 17 heteroatoms. The summed E-state index contributed by atoms with van der Waals surface area (Å²) in [7, 11) is 0. The number of ether oxygens (including phenoxy) is 2. The summed E-state index contributed by atoms with van der Waals surface area (Å²) in [6.45, 7) is 0.307. The van der Waals surface area contributed by atoms with E-state index < -0.39 is 35.9 Å². The number of phenols is 2. The van der Waals surface area contributed by atoms with Crippen LogP contribution >= 0.6 is 23.5 Å². The van der Waals surface area contributed by atoms with Crippen LogP contribution in [0.4, 0.5) is 0 Å². The molecule has 1 amide bonds. The number of phenolic OH excluding ortho intramolecular Hbond substituents is 2. The normalized spacial score (nSPS) is 11.2. The van der Waals surface area contributed by atoms with Crippen LogP contribution in [0.1, 0.15) is 65.4 Å². The largest absolute Gasteiger partial charge is 0.507 e. The smallest absolute Gasteiger partial charge is 0.335 e. The first kappa shape index (κ1) is 47.1. The van der Waals surface area contributed by atoms with Gasteiger partial charge in [0.2, 0.25) is 0 Å². The molecule has 0 aliphatic heterocycles. The molecule has 304 valence electrons. The molecule has 4 rings (SSSR count). The van der Waals surface area contributed by atoms with Crippen LogP contribution in [0.3, 0.4) is 0 Å². The van der Waals surface area contributed by atoms with Crippen LogP contribution in [0.5, 0.6) is 23.0 Å². The van der Waals surface area contributed by atoms with Gasteiger partial charge in [0, 0.05) is 5.56 Å². The number of nitrogens with two attached hydrogens (primary N) is 1. The second-order valence-electron chi connectivity index (χ2n) is 11.8. The van der Waals surface area contributed by atoms with Gasteiger partial charge in [0.25, 0.3) is 5.91 Å². The van der Waals surface area contributed by atoms with Crippen molar-refractivity contribution in [3.63, 3.8) is 0 Å². The van der Waals surface area contributed by atoms with E-state index in [4.69, 9.17) is 25.4 Å². The molecular weight excluding hydrogens is 781 g/mol. The average Bonchev–Trinajstić information content (AvgIpc) is 3.20. The number of carboxylic acids is 3. The van der Waals surface area contributed by atoms with Crippen LogP contribution in [0.25, 0.3) is 0 Å². The average molecular weight is 825 g/mol. The second-order valence-corrected chi connectivity index (χ2v) is 13.7. The third-order valence-electron chi connectivity index (χ3n) is 7.69. The summed E-state index contributed by atoms with van der Waals surface area (Å²) in [5.74, 6) is -1.75. The number of benzene rings is 4. The lowest BCUT2D eigenvalue weighted by molar-refractivity contribution is -0.139. The minimum atomic E-state index is -1.07. The molecule has 15 nitrogen and oxygen atoms in total. The van der Waals surface area contributed by atoms with Crippen LogP contribution in [0.2, 0.25) is 0 Å². The minimum Gasteiger partial charge on any atom is -0.507 e. The maximum absolute atomic E-state index is 12.3. The Labute approximate surface area is 337 Å². The molecule has 2 atom stereocenters. The van der Waals surface area contributed by atoms with Crippen molar-refractivity contribution in [3.8, 4) is 23.0 Å². The Bertz CT molecular complexity index is 1940. The van der Waals surface area contributed by atoms with Crippen LogP contribution in [0, 0.1) is 0 Å². The molecule has 0 aromatic heterocycles. The van der Waals surface area contributed by atoms with Gasteiger partial charge < -0.3 is 46.1 Å². The SMILES string of the molecule is CSCC[C@H](N)C(=O)O.CSCC[C@H](NC(=O)c1ccc(COc2cccc(O)c2C=O)cc1)C(=O)O.O=Cc1c(O)cccc1OCc1ccc(C(=O)O)cc1. The van der Waals surface area contributed by atoms with Gasteiger partial charge in [-0.15, -0.1) is 0 Å².